The average molecular weight is 376 g/mol. The molecule has 0 saturated heterocycles. The van der Waals surface area contributed by atoms with Crippen molar-refractivity contribution < 1.29 is 4.79 Å². The number of hydrogen-bond acceptors (Lipinski definition) is 4. The third-order valence-corrected chi connectivity index (χ3v) is 5.50. The number of carbonyl (C=O) groups is 1. The van der Waals surface area contributed by atoms with E-state index in [4.69, 9.17) is 0 Å². The number of fused-ring (bicyclic) bond motifs is 1. The fourth-order valence-corrected chi connectivity index (χ4v) is 4.07. The van der Waals surface area contributed by atoms with Crippen LogP contribution in [0.15, 0.2) is 59.9 Å². The lowest BCUT2D eigenvalue weighted by atomic mass is 10.1. The molecule has 0 aliphatic rings. The Labute approximate surface area is 161 Å². The van der Waals surface area contributed by atoms with Crippen LogP contribution in [-0.4, -0.2) is 31.3 Å². The summed E-state index contributed by atoms with van der Waals surface area (Å²) in [5.41, 5.74) is 3.92. The van der Waals surface area contributed by atoms with Crippen molar-refractivity contribution in [3.8, 4) is 11.4 Å². The molecule has 6 heteroatoms. The number of aromatic nitrogens is 4. The predicted molar refractivity (Wildman–Crippen MR) is 109 cm³/mol. The lowest BCUT2D eigenvalue weighted by Gasteiger charge is -2.07. The zero-order valence-corrected chi connectivity index (χ0v) is 16.1. The first-order valence-electron chi connectivity index (χ1n) is 8.89. The molecule has 0 amide bonds. The van der Waals surface area contributed by atoms with Crippen molar-refractivity contribution in [3.05, 3.63) is 65.9 Å². The minimum Gasteiger partial charge on any atom is -0.360 e. The Morgan fingerprint density at radius 2 is 2.00 bits per heavy atom. The highest BCUT2D eigenvalue weighted by Gasteiger charge is 2.17. The third kappa shape index (κ3) is 3.40. The Balaban J connectivity index is 1.56. The van der Waals surface area contributed by atoms with Crippen molar-refractivity contribution in [2.75, 3.05) is 5.75 Å². The maximum absolute atomic E-state index is 12.7. The van der Waals surface area contributed by atoms with Crippen LogP contribution >= 0.6 is 11.8 Å². The van der Waals surface area contributed by atoms with E-state index in [0.717, 1.165) is 39.6 Å². The minimum atomic E-state index is 0.0835. The highest BCUT2D eigenvalue weighted by atomic mass is 32.2. The quantitative estimate of drug-likeness (QED) is 0.390. The van der Waals surface area contributed by atoms with E-state index in [1.165, 1.54) is 17.3 Å². The minimum absolute atomic E-state index is 0.0835. The van der Waals surface area contributed by atoms with Gasteiger partial charge in [-0.15, -0.1) is 10.2 Å². The second-order valence-electron chi connectivity index (χ2n) is 6.38. The number of nitrogens with one attached hydrogen (secondary N) is 1. The van der Waals surface area contributed by atoms with Crippen molar-refractivity contribution in [3.63, 3.8) is 0 Å². The second kappa shape index (κ2) is 7.40. The molecule has 0 aliphatic carbocycles. The van der Waals surface area contributed by atoms with Gasteiger partial charge in [0, 0.05) is 34.8 Å². The summed E-state index contributed by atoms with van der Waals surface area (Å²) < 4.78 is 2.06. The van der Waals surface area contributed by atoms with Gasteiger partial charge in [0.1, 0.15) is 0 Å². The molecule has 27 heavy (non-hydrogen) atoms. The smallest absolute Gasteiger partial charge is 0.191 e. The van der Waals surface area contributed by atoms with Gasteiger partial charge in [-0.3, -0.25) is 4.79 Å². The van der Waals surface area contributed by atoms with E-state index >= 15 is 0 Å². The van der Waals surface area contributed by atoms with E-state index in [2.05, 4.69) is 45.7 Å². The van der Waals surface area contributed by atoms with Crippen molar-refractivity contribution in [2.24, 2.45) is 0 Å². The van der Waals surface area contributed by atoms with Crippen LogP contribution < -0.4 is 0 Å². The standard InChI is InChI=1S/C21H20N4OS/c1-3-25-20(15-8-6-7-14(2)11-15)23-24-21(25)27-13-19(26)17-12-22-18-10-5-4-9-16(17)18/h4-12,22H,3,13H2,1-2H3. The number of rotatable bonds is 6. The van der Waals surface area contributed by atoms with Gasteiger partial charge >= 0.3 is 0 Å². The van der Waals surface area contributed by atoms with Gasteiger partial charge in [-0.2, -0.15) is 0 Å². The van der Waals surface area contributed by atoms with Crippen molar-refractivity contribution in [1.29, 1.82) is 0 Å². The van der Waals surface area contributed by atoms with Gasteiger partial charge in [-0.05, 0) is 26.0 Å². The number of Topliss-reactive ketones (excluding diaryl/α,β-unsaturated/α-hetero) is 1. The molecule has 5 nitrogen and oxygen atoms in total. The number of carbonyl (C=O) groups excluding carboxylic acids is 1. The number of benzene rings is 2. The number of nitrogens with zero attached hydrogens (tertiary/aromatic N) is 3. The van der Waals surface area contributed by atoms with Gasteiger partial charge < -0.3 is 9.55 Å². The maximum Gasteiger partial charge on any atom is 0.191 e. The monoisotopic (exact) mass is 376 g/mol. The number of thioether (sulfide) groups is 1. The van der Waals surface area contributed by atoms with Gasteiger partial charge in [0.2, 0.25) is 0 Å². The lowest BCUT2D eigenvalue weighted by molar-refractivity contribution is 0.102. The number of H-pyrrole nitrogens is 1. The summed E-state index contributed by atoms with van der Waals surface area (Å²) in [5.74, 6) is 1.25. The summed E-state index contributed by atoms with van der Waals surface area (Å²) in [5, 5.41) is 10.4. The molecule has 0 spiro atoms. The third-order valence-electron chi connectivity index (χ3n) is 4.53. The molecule has 4 rings (SSSR count). The van der Waals surface area contributed by atoms with Gasteiger partial charge in [0.15, 0.2) is 16.8 Å². The summed E-state index contributed by atoms with van der Waals surface area (Å²) >= 11 is 1.43. The fraction of sp³-hybridized carbons (Fsp3) is 0.190. The van der Waals surface area contributed by atoms with Crippen molar-refractivity contribution in [1.82, 2.24) is 19.7 Å². The fourth-order valence-electron chi connectivity index (χ4n) is 3.19. The van der Waals surface area contributed by atoms with E-state index in [0.29, 0.717) is 5.75 Å². The summed E-state index contributed by atoms with van der Waals surface area (Å²) in [6, 6.07) is 16.1. The van der Waals surface area contributed by atoms with Crippen LogP contribution in [-0.2, 0) is 6.54 Å². The Bertz CT molecular complexity index is 1110. The van der Waals surface area contributed by atoms with Crippen LogP contribution in [0.5, 0.6) is 0 Å². The number of hydrogen-bond donors (Lipinski definition) is 1. The molecule has 2 heterocycles. The number of aromatic amines is 1. The summed E-state index contributed by atoms with van der Waals surface area (Å²) in [6.45, 7) is 4.87. The SMILES string of the molecule is CCn1c(SCC(=O)c2c[nH]c3ccccc23)nnc1-c1cccc(C)c1. The first kappa shape index (κ1) is 17.5. The summed E-state index contributed by atoms with van der Waals surface area (Å²) in [4.78, 5) is 15.9. The number of aryl methyl sites for hydroxylation is 1. The van der Waals surface area contributed by atoms with E-state index in [9.17, 15) is 4.79 Å². The molecular formula is C21H20N4OS. The predicted octanol–water partition coefficient (Wildman–Crippen LogP) is 4.73. The molecule has 0 bridgehead atoms. The zero-order valence-electron chi connectivity index (χ0n) is 15.3. The maximum atomic E-state index is 12.7. The average Bonchev–Trinajstić information content (AvgIpc) is 3.30. The van der Waals surface area contributed by atoms with Crippen LogP contribution in [0, 0.1) is 6.92 Å². The molecule has 2 aromatic heterocycles. The van der Waals surface area contributed by atoms with Gasteiger partial charge in [-0.25, -0.2) is 0 Å². The van der Waals surface area contributed by atoms with E-state index in [-0.39, 0.29) is 5.78 Å². The van der Waals surface area contributed by atoms with Crippen LogP contribution in [0.3, 0.4) is 0 Å². The molecule has 2 aromatic carbocycles. The van der Waals surface area contributed by atoms with Gasteiger partial charge in [-0.1, -0.05) is 53.7 Å². The molecule has 0 unspecified atom stereocenters. The van der Waals surface area contributed by atoms with Crippen molar-refractivity contribution in [2.45, 2.75) is 25.5 Å². The topological polar surface area (TPSA) is 63.6 Å². The first-order valence-corrected chi connectivity index (χ1v) is 9.88. The highest BCUT2D eigenvalue weighted by Crippen LogP contribution is 2.26. The first-order chi connectivity index (χ1) is 13.2. The van der Waals surface area contributed by atoms with E-state index < -0.39 is 0 Å². The molecule has 0 atom stereocenters. The molecule has 0 saturated carbocycles. The molecule has 4 aromatic rings. The van der Waals surface area contributed by atoms with Crippen LogP contribution in [0.4, 0.5) is 0 Å². The van der Waals surface area contributed by atoms with Crippen LogP contribution in [0.25, 0.3) is 22.3 Å². The Hall–Kier alpha value is -2.86. The Morgan fingerprint density at radius 3 is 2.81 bits per heavy atom. The van der Waals surface area contributed by atoms with Crippen LogP contribution in [0.1, 0.15) is 22.8 Å². The number of ketones is 1. The lowest BCUT2D eigenvalue weighted by Crippen LogP contribution is -2.05. The highest BCUT2D eigenvalue weighted by molar-refractivity contribution is 7.99. The summed E-state index contributed by atoms with van der Waals surface area (Å²) in [7, 11) is 0. The second-order valence-corrected chi connectivity index (χ2v) is 7.32. The van der Waals surface area contributed by atoms with E-state index in [1.54, 1.807) is 6.20 Å². The Morgan fingerprint density at radius 1 is 1.15 bits per heavy atom. The van der Waals surface area contributed by atoms with Crippen molar-refractivity contribution >= 4 is 28.4 Å². The Kier molecular flexibility index (Phi) is 4.81. The molecule has 1 N–H and O–H groups in total. The normalized spacial score (nSPS) is 11.2. The number of para-hydroxylation sites is 1. The van der Waals surface area contributed by atoms with E-state index in [1.807, 2.05) is 36.4 Å². The summed E-state index contributed by atoms with van der Waals surface area (Å²) in [6.07, 6.45) is 1.79. The molecule has 0 radical (unpaired) electrons. The zero-order chi connectivity index (χ0) is 18.8. The molecule has 136 valence electrons. The van der Waals surface area contributed by atoms with Gasteiger partial charge in [0.25, 0.3) is 0 Å². The molecule has 0 aliphatic heterocycles. The van der Waals surface area contributed by atoms with Crippen LogP contribution in [0.2, 0.25) is 0 Å². The molecular weight excluding hydrogens is 356 g/mol. The largest absolute Gasteiger partial charge is 0.360 e. The van der Waals surface area contributed by atoms with Gasteiger partial charge in [0.05, 0.1) is 5.75 Å². The molecule has 0 fully saturated rings.